The van der Waals surface area contributed by atoms with Crippen LogP contribution in [0.15, 0.2) is 64.2 Å². The lowest BCUT2D eigenvalue weighted by Gasteiger charge is -2.14. The number of hydrogen-bond donors (Lipinski definition) is 1. The number of aromatic nitrogens is 2. The Hall–Kier alpha value is -3.13. The average molecular weight is 423 g/mol. The summed E-state index contributed by atoms with van der Waals surface area (Å²) in [5.41, 5.74) is 2.74. The Morgan fingerprint density at radius 2 is 1.93 bits per heavy atom. The molecule has 0 spiro atoms. The Balaban J connectivity index is 1.39. The molecule has 2 amide bonds. The van der Waals surface area contributed by atoms with E-state index in [1.165, 1.54) is 11.8 Å². The van der Waals surface area contributed by atoms with Crippen molar-refractivity contribution in [1.29, 1.82) is 0 Å². The van der Waals surface area contributed by atoms with Gasteiger partial charge in [0.2, 0.25) is 17.7 Å². The van der Waals surface area contributed by atoms with Crippen LogP contribution in [0.5, 0.6) is 0 Å². The van der Waals surface area contributed by atoms with E-state index >= 15 is 0 Å². The van der Waals surface area contributed by atoms with Crippen molar-refractivity contribution < 1.29 is 14.0 Å². The third kappa shape index (κ3) is 4.71. The molecule has 1 atom stereocenters. The van der Waals surface area contributed by atoms with Gasteiger partial charge in [0.1, 0.15) is 0 Å². The van der Waals surface area contributed by atoms with Gasteiger partial charge in [-0.05, 0) is 25.0 Å². The zero-order chi connectivity index (χ0) is 20.9. The quantitative estimate of drug-likeness (QED) is 0.580. The molecule has 154 valence electrons. The molecule has 3 aromatic rings. The summed E-state index contributed by atoms with van der Waals surface area (Å²) in [6.07, 6.45) is 1.42. The number of carbonyl (C=O) groups excluding carboxylic acids is 2. The van der Waals surface area contributed by atoms with E-state index in [1.807, 2.05) is 54.6 Å². The number of amides is 2. The van der Waals surface area contributed by atoms with Crippen LogP contribution in [0.4, 0.5) is 5.69 Å². The molecule has 2 heterocycles. The first kappa shape index (κ1) is 20.2. The van der Waals surface area contributed by atoms with Gasteiger partial charge in [-0.15, -0.1) is 10.2 Å². The topological polar surface area (TPSA) is 88.3 Å². The lowest BCUT2D eigenvalue weighted by molar-refractivity contribution is -0.128. The van der Waals surface area contributed by atoms with Crippen LogP contribution in [0.2, 0.25) is 0 Å². The molecule has 1 aromatic heterocycles. The van der Waals surface area contributed by atoms with Gasteiger partial charge in [-0.3, -0.25) is 9.59 Å². The molecule has 0 bridgehead atoms. The van der Waals surface area contributed by atoms with Crippen molar-refractivity contribution in [2.75, 3.05) is 11.9 Å². The number of rotatable bonds is 7. The van der Waals surface area contributed by atoms with Crippen LogP contribution in [-0.4, -0.2) is 38.7 Å². The number of thioether (sulfide) groups is 1. The number of anilines is 1. The third-order valence-electron chi connectivity index (χ3n) is 4.86. The molecule has 2 aromatic carbocycles. The van der Waals surface area contributed by atoms with Gasteiger partial charge in [-0.1, -0.05) is 60.3 Å². The SMILES string of the molecule is CC(Sc1nnc(CN2CCCC2=O)o1)C(=O)Nc1ccccc1-c1ccccc1. The van der Waals surface area contributed by atoms with Crippen LogP contribution in [0.3, 0.4) is 0 Å². The Labute approximate surface area is 178 Å². The fraction of sp³-hybridized carbons (Fsp3) is 0.273. The minimum atomic E-state index is -0.435. The third-order valence-corrected chi connectivity index (χ3v) is 5.80. The summed E-state index contributed by atoms with van der Waals surface area (Å²) in [6, 6.07) is 17.6. The Morgan fingerprint density at radius 1 is 1.17 bits per heavy atom. The first-order valence-electron chi connectivity index (χ1n) is 9.82. The molecule has 0 aliphatic carbocycles. The van der Waals surface area contributed by atoms with E-state index in [2.05, 4.69) is 15.5 Å². The minimum absolute atomic E-state index is 0.104. The number of carbonyl (C=O) groups is 2. The number of nitrogens with zero attached hydrogens (tertiary/aromatic N) is 3. The molecule has 1 unspecified atom stereocenters. The van der Waals surface area contributed by atoms with Gasteiger partial charge in [-0.2, -0.15) is 0 Å². The van der Waals surface area contributed by atoms with E-state index in [0.717, 1.165) is 23.2 Å². The summed E-state index contributed by atoms with van der Waals surface area (Å²) in [5.74, 6) is 0.333. The molecule has 8 heteroatoms. The number of hydrogen-bond acceptors (Lipinski definition) is 6. The molecule has 1 N–H and O–H groups in total. The van der Waals surface area contributed by atoms with Crippen LogP contribution >= 0.6 is 11.8 Å². The van der Waals surface area contributed by atoms with E-state index < -0.39 is 5.25 Å². The highest BCUT2D eigenvalue weighted by Gasteiger charge is 2.24. The van der Waals surface area contributed by atoms with Gasteiger partial charge in [0.25, 0.3) is 5.22 Å². The summed E-state index contributed by atoms with van der Waals surface area (Å²) in [7, 11) is 0. The van der Waals surface area contributed by atoms with Crippen LogP contribution in [0.1, 0.15) is 25.7 Å². The first-order valence-corrected chi connectivity index (χ1v) is 10.7. The van der Waals surface area contributed by atoms with Gasteiger partial charge >= 0.3 is 0 Å². The van der Waals surface area contributed by atoms with E-state index in [9.17, 15) is 9.59 Å². The maximum absolute atomic E-state index is 12.8. The minimum Gasteiger partial charge on any atom is -0.414 e. The maximum Gasteiger partial charge on any atom is 0.277 e. The standard InChI is InChI=1S/C22H22N4O3S/c1-15(30-22-25-24-19(29-22)14-26-13-7-12-20(26)27)21(28)23-18-11-6-5-10-17(18)16-8-3-2-4-9-16/h2-6,8-11,15H,7,12-14H2,1H3,(H,23,28). The Bertz CT molecular complexity index is 1040. The number of benzene rings is 2. The second kappa shape index (κ2) is 9.13. The molecule has 1 saturated heterocycles. The summed E-state index contributed by atoms with van der Waals surface area (Å²) in [4.78, 5) is 26.2. The van der Waals surface area contributed by atoms with Crippen LogP contribution in [0.25, 0.3) is 11.1 Å². The smallest absolute Gasteiger partial charge is 0.277 e. The predicted octanol–water partition coefficient (Wildman–Crippen LogP) is 3.98. The van der Waals surface area contributed by atoms with Crippen molar-refractivity contribution in [3.8, 4) is 11.1 Å². The second-order valence-corrected chi connectivity index (χ2v) is 8.33. The van der Waals surface area contributed by atoms with Crippen molar-refractivity contribution in [2.45, 2.75) is 36.8 Å². The summed E-state index contributed by atoms with van der Waals surface area (Å²) in [5, 5.41) is 10.9. The molecule has 1 aliphatic heterocycles. The number of nitrogens with one attached hydrogen (secondary N) is 1. The lowest BCUT2D eigenvalue weighted by atomic mass is 10.0. The van der Waals surface area contributed by atoms with Crippen molar-refractivity contribution in [1.82, 2.24) is 15.1 Å². The molecular weight excluding hydrogens is 400 g/mol. The molecule has 1 aliphatic rings. The maximum atomic E-state index is 12.8. The monoisotopic (exact) mass is 422 g/mol. The Kier molecular flexibility index (Phi) is 6.13. The lowest BCUT2D eigenvalue weighted by Crippen LogP contribution is -2.24. The summed E-state index contributed by atoms with van der Waals surface area (Å²) >= 11 is 1.20. The van der Waals surface area contributed by atoms with E-state index in [0.29, 0.717) is 30.6 Å². The van der Waals surface area contributed by atoms with Crippen LogP contribution in [0, 0.1) is 0 Å². The Morgan fingerprint density at radius 3 is 2.70 bits per heavy atom. The zero-order valence-corrected chi connectivity index (χ0v) is 17.4. The highest BCUT2D eigenvalue weighted by molar-refractivity contribution is 8.00. The predicted molar refractivity (Wildman–Crippen MR) is 115 cm³/mol. The van der Waals surface area contributed by atoms with Gasteiger partial charge in [-0.25, -0.2) is 0 Å². The average Bonchev–Trinajstić information content (AvgIpc) is 3.38. The van der Waals surface area contributed by atoms with E-state index in [-0.39, 0.29) is 11.8 Å². The van der Waals surface area contributed by atoms with Gasteiger partial charge in [0.05, 0.1) is 11.8 Å². The first-order chi connectivity index (χ1) is 14.6. The number of para-hydroxylation sites is 1. The molecule has 30 heavy (non-hydrogen) atoms. The molecule has 1 fully saturated rings. The normalized spacial score (nSPS) is 14.7. The largest absolute Gasteiger partial charge is 0.414 e. The molecule has 0 saturated carbocycles. The van der Waals surface area contributed by atoms with Gasteiger partial charge in [0, 0.05) is 24.2 Å². The zero-order valence-electron chi connectivity index (χ0n) is 16.6. The number of likely N-dealkylation sites (tertiary alicyclic amines) is 1. The fourth-order valence-corrected chi connectivity index (χ4v) is 3.99. The summed E-state index contributed by atoms with van der Waals surface area (Å²) in [6.45, 7) is 2.82. The van der Waals surface area contributed by atoms with Gasteiger partial charge < -0.3 is 14.6 Å². The highest BCUT2D eigenvalue weighted by atomic mass is 32.2. The second-order valence-electron chi connectivity index (χ2n) is 7.04. The van der Waals surface area contributed by atoms with E-state index in [4.69, 9.17) is 4.42 Å². The van der Waals surface area contributed by atoms with Crippen molar-refractivity contribution in [3.63, 3.8) is 0 Å². The highest BCUT2D eigenvalue weighted by Crippen LogP contribution is 2.29. The van der Waals surface area contributed by atoms with Crippen molar-refractivity contribution >= 4 is 29.3 Å². The van der Waals surface area contributed by atoms with Crippen LogP contribution < -0.4 is 5.32 Å². The molecule has 7 nitrogen and oxygen atoms in total. The van der Waals surface area contributed by atoms with Crippen molar-refractivity contribution in [2.24, 2.45) is 0 Å². The van der Waals surface area contributed by atoms with E-state index in [1.54, 1.807) is 11.8 Å². The van der Waals surface area contributed by atoms with Crippen molar-refractivity contribution in [3.05, 3.63) is 60.5 Å². The fourth-order valence-electron chi connectivity index (χ4n) is 3.28. The summed E-state index contributed by atoms with van der Waals surface area (Å²) < 4.78 is 5.62. The van der Waals surface area contributed by atoms with Gasteiger partial charge in [0.15, 0.2) is 0 Å². The molecule has 4 rings (SSSR count). The molecule has 0 radical (unpaired) electrons. The molecular formula is C22H22N4O3S. The van der Waals surface area contributed by atoms with Crippen LogP contribution in [-0.2, 0) is 16.1 Å².